The fourth-order valence-corrected chi connectivity index (χ4v) is 2.09. The lowest BCUT2D eigenvalue weighted by Crippen LogP contribution is -2.29. The molecule has 0 unspecified atom stereocenters. The van der Waals surface area contributed by atoms with E-state index in [9.17, 15) is 4.79 Å². The minimum Gasteiger partial charge on any atom is -0.301 e. The molecule has 4 nitrogen and oxygen atoms in total. The van der Waals surface area contributed by atoms with Crippen LogP contribution in [-0.4, -0.2) is 10.9 Å². The molecule has 0 aliphatic rings. The van der Waals surface area contributed by atoms with Crippen molar-refractivity contribution >= 4 is 22.4 Å². The Morgan fingerprint density at radius 2 is 2.05 bits per heavy atom. The zero-order chi connectivity index (χ0) is 13.9. The third-order valence-corrected chi connectivity index (χ3v) is 3.40. The fourth-order valence-electron chi connectivity index (χ4n) is 1.38. The van der Waals surface area contributed by atoms with E-state index in [1.165, 1.54) is 11.3 Å². The third kappa shape index (κ3) is 2.98. The highest BCUT2D eigenvalue weighted by atomic mass is 32.1. The van der Waals surface area contributed by atoms with Crippen LogP contribution in [0.25, 0.3) is 11.3 Å². The maximum absolute atomic E-state index is 11.8. The average molecular weight is 271 g/mol. The average Bonchev–Trinajstić information content (AvgIpc) is 2.88. The molecule has 1 amide bonds. The van der Waals surface area contributed by atoms with E-state index in [1.807, 2.05) is 41.8 Å². The molecule has 96 valence electrons. The van der Waals surface area contributed by atoms with Crippen LogP contribution in [0.3, 0.4) is 0 Å². The van der Waals surface area contributed by atoms with Gasteiger partial charge in [0.05, 0.1) is 11.8 Å². The Labute approximate surface area is 115 Å². The Bertz CT molecular complexity index is 626. The Balaban J connectivity index is 2.15. The van der Waals surface area contributed by atoms with Crippen molar-refractivity contribution in [1.29, 1.82) is 5.26 Å². The van der Waals surface area contributed by atoms with Gasteiger partial charge in [-0.3, -0.25) is 4.79 Å². The van der Waals surface area contributed by atoms with Crippen molar-refractivity contribution in [2.75, 3.05) is 5.32 Å². The second-order valence-electron chi connectivity index (χ2n) is 4.59. The molecule has 0 saturated heterocycles. The predicted octanol–water partition coefficient (Wildman–Crippen LogP) is 3.30. The molecule has 1 N–H and O–H groups in total. The summed E-state index contributed by atoms with van der Waals surface area (Å²) in [4.78, 5) is 16.2. The van der Waals surface area contributed by atoms with Crippen LogP contribution in [0.4, 0.5) is 5.13 Å². The first-order valence-corrected chi connectivity index (χ1v) is 6.64. The van der Waals surface area contributed by atoms with Crippen molar-refractivity contribution in [2.24, 2.45) is 5.41 Å². The highest BCUT2D eigenvalue weighted by molar-refractivity contribution is 7.14. The number of benzene rings is 1. The number of hydrogen-bond acceptors (Lipinski definition) is 4. The Morgan fingerprint density at radius 3 is 2.68 bits per heavy atom. The van der Waals surface area contributed by atoms with Gasteiger partial charge in [-0.1, -0.05) is 30.3 Å². The van der Waals surface area contributed by atoms with Crippen LogP contribution in [0.5, 0.6) is 0 Å². The predicted molar refractivity (Wildman–Crippen MR) is 75.6 cm³/mol. The lowest BCUT2D eigenvalue weighted by atomic mass is 9.95. The number of carbonyl (C=O) groups is 1. The molecule has 0 aliphatic carbocycles. The molecule has 0 radical (unpaired) electrons. The molecule has 5 heteroatoms. The van der Waals surface area contributed by atoms with E-state index < -0.39 is 5.41 Å². The molecule has 1 aromatic carbocycles. The van der Waals surface area contributed by atoms with Gasteiger partial charge in [0.2, 0.25) is 5.91 Å². The number of thiazole rings is 1. The molecule has 1 heterocycles. The van der Waals surface area contributed by atoms with E-state index in [1.54, 1.807) is 13.8 Å². The van der Waals surface area contributed by atoms with Crippen molar-refractivity contribution in [3.8, 4) is 17.3 Å². The molecule has 0 bridgehead atoms. The Morgan fingerprint density at radius 1 is 1.37 bits per heavy atom. The molecule has 0 atom stereocenters. The fraction of sp³-hybridized carbons (Fsp3) is 0.214. The first-order chi connectivity index (χ1) is 9.03. The third-order valence-electron chi connectivity index (χ3n) is 2.64. The van der Waals surface area contributed by atoms with Crippen LogP contribution >= 0.6 is 11.3 Å². The van der Waals surface area contributed by atoms with Gasteiger partial charge in [-0.25, -0.2) is 4.98 Å². The summed E-state index contributed by atoms with van der Waals surface area (Å²) in [5, 5.41) is 14.0. The van der Waals surface area contributed by atoms with Gasteiger partial charge >= 0.3 is 0 Å². The molecule has 2 rings (SSSR count). The highest BCUT2D eigenvalue weighted by Gasteiger charge is 2.27. The second kappa shape index (κ2) is 5.21. The number of rotatable bonds is 3. The van der Waals surface area contributed by atoms with E-state index >= 15 is 0 Å². The number of aromatic nitrogens is 1. The summed E-state index contributed by atoms with van der Waals surface area (Å²) in [6.07, 6.45) is 0. The van der Waals surface area contributed by atoms with E-state index in [0.717, 1.165) is 11.3 Å². The van der Waals surface area contributed by atoms with Crippen molar-refractivity contribution in [3.05, 3.63) is 35.7 Å². The van der Waals surface area contributed by atoms with Crippen molar-refractivity contribution in [2.45, 2.75) is 13.8 Å². The van der Waals surface area contributed by atoms with Crippen molar-refractivity contribution in [3.63, 3.8) is 0 Å². The lowest BCUT2D eigenvalue weighted by molar-refractivity contribution is -0.121. The minimum absolute atomic E-state index is 0.344. The smallest absolute Gasteiger partial charge is 0.246 e. The summed E-state index contributed by atoms with van der Waals surface area (Å²) in [7, 11) is 0. The summed E-state index contributed by atoms with van der Waals surface area (Å²) < 4.78 is 0. The topological polar surface area (TPSA) is 65.8 Å². The molecule has 2 aromatic rings. The Hall–Kier alpha value is -2.19. The number of hydrogen-bond donors (Lipinski definition) is 1. The highest BCUT2D eigenvalue weighted by Crippen LogP contribution is 2.26. The summed E-state index contributed by atoms with van der Waals surface area (Å²) in [5.74, 6) is -0.344. The van der Waals surface area contributed by atoms with E-state index in [2.05, 4.69) is 10.3 Å². The molecule has 0 spiro atoms. The van der Waals surface area contributed by atoms with E-state index in [-0.39, 0.29) is 5.91 Å². The van der Waals surface area contributed by atoms with Crippen molar-refractivity contribution < 1.29 is 4.79 Å². The van der Waals surface area contributed by atoms with Crippen LogP contribution in [0.2, 0.25) is 0 Å². The first-order valence-electron chi connectivity index (χ1n) is 5.76. The summed E-state index contributed by atoms with van der Waals surface area (Å²) in [5.41, 5.74) is 0.757. The van der Waals surface area contributed by atoms with Gasteiger partial charge in [0.1, 0.15) is 5.41 Å². The van der Waals surface area contributed by atoms with Crippen LogP contribution < -0.4 is 5.32 Å². The summed E-state index contributed by atoms with van der Waals surface area (Å²) >= 11 is 1.35. The van der Waals surface area contributed by atoms with Gasteiger partial charge in [0.25, 0.3) is 0 Å². The first kappa shape index (κ1) is 13.2. The van der Waals surface area contributed by atoms with Crippen LogP contribution in [-0.2, 0) is 4.79 Å². The Kier molecular flexibility index (Phi) is 3.63. The van der Waals surface area contributed by atoms with E-state index in [0.29, 0.717) is 5.13 Å². The minimum atomic E-state index is -1.06. The van der Waals surface area contributed by atoms with Crippen LogP contribution in [0.15, 0.2) is 35.7 Å². The van der Waals surface area contributed by atoms with Gasteiger partial charge < -0.3 is 5.32 Å². The maximum Gasteiger partial charge on any atom is 0.246 e. The quantitative estimate of drug-likeness (QED) is 0.931. The molecule has 0 aliphatic heterocycles. The second-order valence-corrected chi connectivity index (χ2v) is 5.45. The zero-order valence-corrected chi connectivity index (χ0v) is 11.5. The number of amides is 1. The van der Waals surface area contributed by atoms with Gasteiger partial charge in [-0.2, -0.15) is 5.26 Å². The number of carbonyl (C=O) groups excluding carboxylic acids is 1. The van der Waals surface area contributed by atoms with E-state index in [4.69, 9.17) is 5.26 Å². The zero-order valence-electron chi connectivity index (χ0n) is 10.7. The van der Waals surface area contributed by atoms with Crippen LogP contribution in [0, 0.1) is 16.7 Å². The number of nitriles is 1. The summed E-state index contributed by atoms with van der Waals surface area (Å²) in [6.45, 7) is 3.15. The monoisotopic (exact) mass is 271 g/mol. The van der Waals surface area contributed by atoms with Crippen molar-refractivity contribution in [1.82, 2.24) is 4.98 Å². The SMILES string of the molecule is CC(C)(C#N)C(=O)Nc1nc(-c2ccccc2)cs1. The molecule has 0 saturated carbocycles. The molecule has 19 heavy (non-hydrogen) atoms. The van der Waals surface area contributed by atoms with Gasteiger partial charge in [0.15, 0.2) is 5.13 Å². The van der Waals surface area contributed by atoms with Gasteiger partial charge in [-0.05, 0) is 13.8 Å². The summed E-state index contributed by atoms with van der Waals surface area (Å²) in [6, 6.07) is 11.7. The van der Waals surface area contributed by atoms with Gasteiger partial charge in [-0.15, -0.1) is 11.3 Å². The lowest BCUT2D eigenvalue weighted by Gasteiger charge is -2.12. The largest absolute Gasteiger partial charge is 0.301 e. The molecular formula is C14H13N3OS. The normalized spacial score (nSPS) is 10.8. The standard InChI is InChI=1S/C14H13N3OS/c1-14(2,9-15)12(18)17-13-16-11(8-19-13)10-6-4-3-5-7-10/h3-8H,1-2H3,(H,16,17,18). The molecular weight excluding hydrogens is 258 g/mol. The number of nitrogens with one attached hydrogen (secondary N) is 1. The molecule has 1 aromatic heterocycles. The maximum atomic E-state index is 11.8. The number of nitrogens with zero attached hydrogens (tertiary/aromatic N) is 2. The molecule has 0 fully saturated rings. The number of anilines is 1. The van der Waals surface area contributed by atoms with Crippen LogP contribution in [0.1, 0.15) is 13.8 Å². The van der Waals surface area contributed by atoms with Gasteiger partial charge in [0, 0.05) is 10.9 Å².